The number of carbonyl (C=O) groups is 2. The summed E-state index contributed by atoms with van der Waals surface area (Å²) in [5.41, 5.74) is 1.67. The van der Waals surface area contributed by atoms with Crippen LogP contribution < -0.4 is 0 Å². The lowest BCUT2D eigenvalue weighted by Crippen LogP contribution is -2.48. The van der Waals surface area contributed by atoms with E-state index in [0.717, 1.165) is 41.9 Å². The summed E-state index contributed by atoms with van der Waals surface area (Å²) in [5, 5.41) is 0.811. The van der Waals surface area contributed by atoms with Gasteiger partial charge in [0.25, 0.3) is 5.91 Å². The fourth-order valence-electron chi connectivity index (χ4n) is 4.65. The van der Waals surface area contributed by atoms with Crippen LogP contribution >= 0.6 is 11.3 Å². The second kappa shape index (κ2) is 9.25. The molecule has 1 saturated carbocycles. The highest BCUT2D eigenvalue weighted by Crippen LogP contribution is 2.30. The third kappa shape index (κ3) is 4.41. The van der Waals surface area contributed by atoms with Gasteiger partial charge in [0.05, 0.1) is 11.6 Å². The minimum Gasteiger partial charge on any atom is -0.342 e. The van der Waals surface area contributed by atoms with E-state index in [1.807, 2.05) is 35.9 Å². The highest BCUT2D eigenvalue weighted by Gasteiger charge is 2.34. The number of hydrogen-bond acceptors (Lipinski definition) is 5. The summed E-state index contributed by atoms with van der Waals surface area (Å²) in [6.45, 7) is 3.09. The molecule has 0 bridgehead atoms. The molecule has 1 atom stereocenters. The molecule has 0 radical (unpaired) electrons. The predicted molar refractivity (Wildman–Crippen MR) is 118 cm³/mol. The molecular formula is C23H30N4O2S. The molecule has 6 nitrogen and oxygen atoms in total. The van der Waals surface area contributed by atoms with Gasteiger partial charge in [-0.1, -0.05) is 19.3 Å². The first-order chi connectivity index (χ1) is 14.5. The van der Waals surface area contributed by atoms with Crippen LogP contribution in [-0.4, -0.2) is 57.8 Å². The molecule has 1 saturated heterocycles. The highest BCUT2D eigenvalue weighted by molar-refractivity contribution is 7.17. The molecule has 7 heteroatoms. The number of piperidine rings is 1. The van der Waals surface area contributed by atoms with E-state index < -0.39 is 0 Å². The van der Waals surface area contributed by atoms with Gasteiger partial charge in [-0.2, -0.15) is 0 Å². The van der Waals surface area contributed by atoms with Crippen LogP contribution in [0, 0.1) is 12.8 Å². The Morgan fingerprint density at radius 3 is 2.70 bits per heavy atom. The summed E-state index contributed by atoms with van der Waals surface area (Å²) >= 11 is 1.42. The lowest BCUT2D eigenvalue weighted by atomic mass is 9.91. The summed E-state index contributed by atoms with van der Waals surface area (Å²) < 4.78 is 0. The van der Waals surface area contributed by atoms with Crippen molar-refractivity contribution in [2.24, 2.45) is 5.92 Å². The van der Waals surface area contributed by atoms with Crippen LogP contribution in [0.2, 0.25) is 0 Å². The first-order valence-corrected chi connectivity index (χ1v) is 11.8. The monoisotopic (exact) mass is 426 g/mol. The van der Waals surface area contributed by atoms with E-state index in [1.165, 1.54) is 30.6 Å². The Labute approximate surface area is 182 Å². The largest absolute Gasteiger partial charge is 0.342 e. The number of thiazole rings is 1. The van der Waals surface area contributed by atoms with Crippen molar-refractivity contribution in [1.82, 2.24) is 19.8 Å². The lowest BCUT2D eigenvalue weighted by Gasteiger charge is -2.37. The molecule has 2 fully saturated rings. The van der Waals surface area contributed by atoms with Crippen LogP contribution in [0.5, 0.6) is 0 Å². The average molecular weight is 427 g/mol. The Balaban J connectivity index is 1.45. The van der Waals surface area contributed by atoms with E-state index in [0.29, 0.717) is 24.0 Å². The lowest BCUT2D eigenvalue weighted by molar-refractivity contribution is -0.138. The summed E-state index contributed by atoms with van der Waals surface area (Å²) in [6, 6.07) is 4.19. The fraction of sp³-hybridized carbons (Fsp3) is 0.565. The molecule has 0 aromatic carbocycles. The van der Waals surface area contributed by atoms with Gasteiger partial charge in [-0.05, 0) is 44.7 Å². The van der Waals surface area contributed by atoms with Crippen molar-refractivity contribution in [3.63, 3.8) is 0 Å². The first kappa shape index (κ1) is 21.0. The van der Waals surface area contributed by atoms with Crippen LogP contribution in [-0.2, 0) is 4.79 Å². The Morgan fingerprint density at radius 1 is 1.17 bits per heavy atom. The number of aryl methyl sites for hydroxylation is 1. The number of hydrogen-bond donors (Lipinski definition) is 0. The van der Waals surface area contributed by atoms with Gasteiger partial charge in [0.2, 0.25) is 5.91 Å². The van der Waals surface area contributed by atoms with Gasteiger partial charge in [-0.25, -0.2) is 4.98 Å². The topological polar surface area (TPSA) is 66.4 Å². The number of aromatic nitrogens is 2. The number of likely N-dealkylation sites (tertiary alicyclic amines) is 1. The van der Waals surface area contributed by atoms with Crippen LogP contribution in [0.15, 0.2) is 24.5 Å². The minimum atomic E-state index is -0.0966. The SMILES string of the molecule is Cc1nc(-c2cccnc2)sc1C(=O)N1CCCC(C(=O)N(C)C2CCCCC2)C1. The van der Waals surface area contributed by atoms with Crippen molar-refractivity contribution in [1.29, 1.82) is 0 Å². The van der Waals surface area contributed by atoms with Gasteiger partial charge in [-0.15, -0.1) is 11.3 Å². The Hall–Kier alpha value is -2.28. The van der Waals surface area contributed by atoms with Crippen molar-refractivity contribution in [2.75, 3.05) is 20.1 Å². The molecule has 0 N–H and O–H groups in total. The van der Waals surface area contributed by atoms with Crippen LogP contribution in [0.3, 0.4) is 0 Å². The quantitative estimate of drug-likeness (QED) is 0.736. The molecule has 1 aliphatic heterocycles. The van der Waals surface area contributed by atoms with Gasteiger partial charge in [0, 0.05) is 44.1 Å². The Kier molecular flexibility index (Phi) is 6.46. The minimum absolute atomic E-state index is 0.00189. The molecule has 4 rings (SSSR count). The third-order valence-corrected chi connectivity index (χ3v) is 7.62. The molecule has 160 valence electrons. The summed E-state index contributed by atoms with van der Waals surface area (Å²) in [6.07, 6.45) is 11.1. The van der Waals surface area contributed by atoms with Crippen LogP contribution in [0.1, 0.15) is 60.3 Å². The molecule has 2 aliphatic rings. The molecule has 2 aromatic heterocycles. The Bertz CT molecular complexity index is 892. The van der Waals surface area contributed by atoms with Gasteiger partial charge < -0.3 is 9.80 Å². The van der Waals surface area contributed by atoms with Gasteiger partial charge in [0.1, 0.15) is 9.88 Å². The maximum atomic E-state index is 13.3. The zero-order chi connectivity index (χ0) is 21.1. The predicted octanol–water partition coefficient (Wildman–Crippen LogP) is 4.16. The highest BCUT2D eigenvalue weighted by atomic mass is 32.1. The van der Waals surface area contributed by atoms with E-state index in [4.69, 9.17) is 0 Å². The number of rotatable bonds is 4. The van der Waals surface area contributed by atoms with Gasteiger partial charge >= 0.3 is 0 Å². The molecule has 2 aromatic rings. The maximum absolute atomic E-state index is 13.3. The maximum Gasteiger partial charge on any atom is 0.265 e. The van der Waals surface area contributed by atoms with Crippen molar-refractivity contribution in [2.45, 2.75) is 57.9 Å². The number of pyridine rings is 1. The van der Waals surface area contributed by atoms with Gasteiger partial charge in [0.15, 0.2) is 0 Å². The zero-order valence-electron chi connectivity index (χ0n) is 17.8. The van der Waals surface area contributed by atoms with E-state index >= 15 is 0 Å². The first-order valence-electron chi connectivity index (χ1n) is 11.0. The smallest absolute Gasteiger partial charge is 0.265 e. The molecular weight excluding hydrogens is 396 g/mol. The number of nitrogens with zero attached hydrogens (tertiary/aromatic N) is 4. The van der Waals surface area contributed by atoms with Crippen molar-refractivity contribution in [3.8, 4) is 10.6 Å². The summed E-state index contributed by atoms with van der Waals surface area (Å²) in [5.74, 6) is 0.107. The molecule has 30 heavy (non-hydrogen) atoms. The third-order valence-electron chi connectivity index (χ3n) is 6.43. The second-order valence-corrected chi connectivity index (χ2v) is 9.51. The van der Waals surface area contributed by atoms with Crippen LogP contribution in [0.4, 0.5) is 0 Å². The fourth-order valence-corrected chi connectivity index (χ4v) is 5.67. The molecule has 3 heterocycles. The normalized spacial score (nSPS) is 20.2. The van der Waals surface area contributed by atoms with Gasteiger partial charge in [-0.3, -0.25) is 14.6 Å². The zero-order valence-corrected chi connectivity index (χ0v) is 18.7. The van der Waals surface area contributed by atoms with Crippen molar-refractivity contribution >= 4 is 23.2 Å². The van der Waals surface area contributed by atoms with E-state index in [-0.39, 0.29) is 17.7 Å². The van der Waals surface area contributed by atoms with Crippen molar-refractivity contribution < 1.29 is 9.59 Å². The average Bonchev–Trinajstić information content (AvgIpc) is 3.20. The standard InChI is InChI=1S/C23H30N4O2S/c1-16-20(30-21(25-16)17-8-6-12-24-14-17)23(29)27-13-7-9-18(15-27)22(28)26(2)19-10-4-3-5-11-19/h6,8,12,14,18-19H,3-5,7,9-11,13,15H2,1-2H3. The summed E-state index contributed by atoms with van der Waals surface area (Å²) in [7, 11) is 1.95. The number of carbonyl (C=O) groups excluding carboxylic acids is 2. The Morgan fingerprint density at radius 2 is 1.97 bits per heavy atom. The molecule has 1 aliphatic carbocycles. The van der Waals surface area contributed by atoms with E-state index in [9.17, 15) is 9.59 Å². The second-order valence-electron chi connectivity index (χ2n) is 8.51. The summed E-state index contributed by atoms with van der Waals surface area (Å²) in [4.78, 5) is 39.6. The molecule has 0 spiro atoms. The van der Waals surface area contributed by atoms with E-state index in [2.05, 4.69) is 9.97 Å². The van der Waals surface area contributed by atoms with Crippen LogP contribution in [0.25, 0.3) is 10.6 Å². The molecule has 2 amide bonds. The number of amides is 2. The van der Waals surface area contributed by atoms with Crippen molar-refractivity contribution in [3.05, 3.63) is 35.1 Å². The van der Waals surface area contributed by atoms with E-state index in [1.54, 1.807) is 12.4 Å². The molecule has 1 unspecified atom stereocenters.